The van der Waals surface area contributed by atoms with Crippen LogP contribution in [-0.2, 0) is 6.42 Å². The van der Waals surface area contributed by atoms with E-state index in [1.54, 1.807) is 24.2 Å². The van der Waals surface area contributed by atoms with Gasteiger partial charge < -0.3 is 15.0 Å². The molecule has 1 N–H and O–H groups in total. The van der Waals surface area contributed by atoms with E-state index in [4.69, 9.17) is 4.74 Å². The Morgan fingerprint density at radius 3 is 2.35 bits per heavy atom. The molecule has 0 aliphatic rings. The second-order valence-corrected chi connectivity index (χ2v) is 4.31. The predicted molar refractivity (Wildman–Crippen MR) is 82.1 cm³/mol. The van der Waals surface area contributed by atoms with E-state index in [2.05, 4.69) is 18.5 Å². The SMILES string of the molecule is C=CCN(CC=C)C(=O)NCCc1ccc(OC)cc1. The second kappa shape index (κ2) is 8.80. The Kier molecular flexibility index (Phi) is 6.96. The first kappa shape index (κ1) is 15.8. The second-order valence-electron chi connectivity index (χ2n) is 4.31. The molecule has 0 atom stereocenters. The van der Waals surface area contributed by atoms with E-state index < -0.39 is 0 Å². The molecule has 0 saturated heterocycles. The summed E-state index contributed by atoms with van der Waals surface area (Å²) in [6.07, 6.45) is 4.19. The molecule has 0 unspecified atom stereocenters. The molecule has 1 aromatic rings. The third-order valence-electron chi connectivity index (χ3n) is 2.84. The molecule has 0 aliphatic carbocycles. The van der Waals surface area contributed by atoms with Gasteiger partial charge in [0.05, 0.1) is 7.11 Å². The number of hydrogen-bond donors (Lipinski definition) is 1. The first-order valence-electron chi connectivity index (χ1n) is 6.58. The van der Waals surface area contributed by atoms with Crippen molar-refractivity contribution in [3.8, 4) is 5.75 Å². The van der Waals surface area contributed by atoms with Gasteiger partial charge in [-0.05, 0) is 24.1 Å². The van der Waals surface area contributed by atoms with Crippen molar-refractivity contribution in [3.63, 3.8) is 0 Å². The van der Waals surface area contributed by atoms with Crippen LogP contribution in [0, 0.1) is 0 Å². The molecule has 4 nitrogen and oxygen atoms in total. The Morgan fingerprint density at radius 1 is 1.25 bits per heavy atom. The Balaban J connectivity index is 2.39. The minimum absolute atomic E-state index is 0.0988. The van der Waals surface area contributed by atoms with Crippen molar-refractivity contribution in [3.05, 3.63) is 55.1 Å². The van der Waals surface area contributed by atoms with Crippen LogP contribution in [0.3, 0.4) is 0 Å². The maximum atomic E-state index is 11.9. The lowest BCUT2D eigenvalue weighted by Crippen LogP contribution is -2.40. The Labute approximate surface area is 120 Å². The van der Waals surface area contributed by atoms with Crippen molar-refractivity contribution in [1.82, 2.24) is 10.2 Å². The fourth-order valence-electron chi connectivity index (χ4n) is 1.77. The lowest BCUT2D eigenvalue weighted by molar-refractivity contribution is 0.208. The van der Waals surface area contributed by atoms with E-state index in [1.807, 2.05) is 24.3 Å². The lowest BCUT2D eigenvalue weighted by atomic mass is 10.1. The van der Waals surface area contributed by atoms with Gasteiger partial charge in [-0.1, -0.05) is 24.3 Å². The Morgan fingerprint density at radius 2 is 1.85 bits per heavy atom. The Bertz CT molecular complexity index is 430. The summed E-state index contributed by atoms with van der Waals surface area (Å²) in [7, 11) is 1.64. The van der Waals surface area contributed by atoms with Crippen LogP contribution >= 0.6 is 0 Å². The highest BCUT2D eigenvalue weighted by Gasteiger charge is 2.09. The van der Waals surface area contributed by atoms with E-state index in [0.29, 0.717) is 19.6 Å². The largest absolute Gasteiger partial charge is 0.497 e. The van der Waals surface area contributed by atoms with Crippen molar-refractivity contribution in [2.75, 3.05) is 26.7 Å². The summed E-state index contributed by atoms with van der Waals surface area (Å²) in [4.78, 5) is 13.6. The molecule has 0 fully saturated rings. The van der Waals surface area contributed by atoms with Crippen LogP contribution in [0.5, 0.6) is 5.75 Å². The molecule has 2 amide bonds. The predicted octanol–water partition coefficient (Wildman–Crippen LogP) is 2.62. The lowest BCUT2D eigenvalue weighted by Gasteiger charge is -2.19. The van der Waals surface area contributed by atoms with Crippen LogP contribution in [0.25, 0.3) is 0 Å². The van der Waals surface area contributed by atoms with E-state index in [0.717, 1.165) is 17.7 Å². The summed E-state index contributed by atoms with van der Waals surface area (Å²) in [5, 5.41) is 2.89. The number of carbonyl (C=O) groups is 1. The fourth-order valence-corrected chi connectivity index (χ4v) is 1.77. The number of rotatable bonds is 8. The number of carbonyl (C=O) groups excluding carboxylic acids is 1. The van der Waals surface area contributed by atoms with Crippen LogP contribution in [0.1, 0.15) is 5.56 Å². The zero-order valence-corrected chi connectivity index (χ0v) is 12.0. The summed E-state index contributed by atoms with van der Waals surface area (Å²) >= 11 is 0. The summed E-state index contributed by atoms with van der Waals surface area (Å²) in [6, 6.07) is 7.72. The van der Waals surface area contributed by atoms with Gasteiger partial charge in [0.25, 0.3) is 0 Å². The molecule has 0 aliphatic heterocycles. The standard InChI is InChI=1S/C16H22N2O2/c1-4-12-18(13-5-2)16(19)17-11-10-14-6-8-15(20-3)9-7-14/h4-9H,1-2,10-13H2,3H3,(H,17,19). The number of urea groups is 1. The third kappa shape index (κ3) is 5.18. The van der Waals surface area contributed by atoms with E-state index >= 15 is 0 Å². The maximum Gasteiger partial charge on any atom is 0.317 e. The number of amides is 2. The van der Waals surface area contributed by atoms with E-state index in [1.165, 1.54) is 0 Å². The van der Waals surface area contributed by atoms with Gasteiger partial charge >= 0.3 is 6.03 Å². The molecule has 0 radical (unpaired) electrons. The number of nitrogens with one attached hydrogen (secondary N) is 1. The maximum absolute atomic E-state index is 11.9. The summed E-state index contributed by atoms with van der Waals surface area (Å²) in [5.74, 6) is 0.834. The highest BCUT2D eigenvalue weighted by atomic mass is 16.5. The van der Waals surface area contributed by atoms with Crippen LogP contribution < -0.4 is 10.1 Å². The fraction of sp³-hybridized carbons (Fsp3) is 0.312. The molecular formula is C16H22N2O2. The first-order chi connectivity index (χ1) is 9.71. The molecule has 1 rings (SSSR count). The zero-order valence-electron chi connectivity index (χ0n) is 12.0. The van der Waals surface area contributed by atoms with Crippen molar-refractivity contribution in [2.45, 2.75) is 6.42 Å². The molecular weight excluding hydrogens is 252 g/mol. The minimum atomic E-state index is -0.0988. The highest BCUT2D eigenvalue weighted by Crippen LogP contribution is 2.11. The number of hydrogen-bond acceptors (Lipinski definition) is 2. The average molecular weight is 274 g/mol. The van der Waals surface area contributed by atoms with Gasteiger partial charge in [-0.2, -0.15) is 0 Å². The molecule has 0 heterocycles. The van der Waals surface area contributed by atoms with Gasteiger partial charge in [-0.3, -0.25) is 0 Å². The summed E-state index contributed by atoms with van der Waals surface area (Å²) in [6.45, 7) is 8.90. The van der Waals surface area contributed by atoms with E-state index in [-0.39, 0.29) is 6.03 Å². The summed E-state index contributed by atoms with van der Waals surface area (Å²) < 4.78 is 5.10. The van der Waals surface area contributed by atoms with Gasteiger partial charge in [0, 0.05) is 19.6 Å². The van der Waals surface area contributed by atoms with Gasteiger partial charge in [0.15, 0.2) is 0 Å². The number of benzene rings is 1. The zero-order chi connectivity index (χ0) is 14.8. The van der Waals surface area contributed by atoms with Gasteiger partial charge in [-0.15, -0.1) is 13.2 Å². The van der Waals surface area contributed by atoms with Gasteiger partial charge in [0.1, 0.15) is 5.75 Å². The van der Waals surface area contributed by atoms with Crippen molar-refractivity contribution < 1.29 is 9.53 Å². The normalized spacial score (nSPS) is 9.65. The number of nitrogens with zero attached hydrogens (tertiary/aromatic N) is 1. The monoisotopic (exact) mass is 274 g/mol. The number of ether oxygens (including phenoxy) is 1. The third-order valence-corrected chi connectivity index (χ3v) is 2.84. The van der Waals surface area contributed by atoms with E-state index in [9.17, 15) is 4.79 Å². The Hall–Kier alpha value is -2.23. The van der Waals surface area contributed by atoms with Gasteiger partial charge in [0.2, 0.25) is 0 Å². The minimum Gasteiger partial charge on any atom is -0.497 e. The number of methoxy groups -OCH3 is 1. The molecule has 0 spiro atoms. The van der Waals surface area contributed by atoms with Gasteiger partial charge in [-0.25, -0.2) is 4.79 Å². The topological polar surface area (TPSA) is 41.6 Å². The average Bonchev–Trinajstić information content (AvgIpc) is 2.47. The van der Waals surface area contributed by atoms with Crippen LogP contribution in [0.4, 0.5) is 4.79 Å². The smallest absolute Gasteiger partial charge is 0.317 e. The molecule has 20 heavy (non-hydrogen) atoms. The van der Waals surface area contributed by atoms with Crippen molar-refractivity contribution in [2.24, 2.45) is 0 Å². The van der Waals surface area contributed by atoms with Crippen molar-refractivity contribution in [1.29, 1.82) is 0 Å². The van der Waals surface area contributed by atoms with Crippen LogP contribution in [-0.4, -0.2) is 37.7 Å². The summed E-state index contributed by atoms with van der Waals surface area (Å²) in [5.41, 5.74) is 1.16. The van der Waals surface area contributed by atoms with Crippen LogP contribution in [0.2, 0.25) is 0 Å². The van der Waals surface area contributed by atoms with Crippen LogP contribution in [0.15, 0.2) is 49.6 Å². The molecule has 4 heteroatoms. The quantitative estimate of drug-likeness (QED) is 0.740. The molecule has 1 aromatic carbocycles. The molecule has 108 valence electrons. The molecule has 0 bridgehead atoms. The van der Waals surface area contributed by atoms with Crippen molar-refractivity contribution >= 4 is 6.03 Å². The highest BCUT2D eigenvalue weighted by molar-refractivity contribution is 5.74. The molecule has 0 aromatic heterocycles. The first-order valence-corrected chi connectivity index (χ1v) is 6.58. The molecule has 0 saturated carbocycles.